The van der Waals surface area contributed by atoms with Gasteiger partial charge in [-0.1, -0.05) is 54.6 Å². The summed E-state index contributed by atoms with van der Waals surface area (Å²) in [6, 6.07) is 39.1. The van der Waals surface area contributed by atoms with Crippen molar-refractivity contribution in [2.24, 2.45) is 35.2 Å². The van der Waals surface area contributed by atoms with Crippen molar-refractivity contribution in [2.75, 3.05) is 26.8 Å². The molecule has 0 fully saturated rings. The van der Waals surface area contributed by atoms with Crippen LogP contribution < -0.4 is 15.9 Å². The summed E-state index contributed by atoms with van der Waals surface area (Å²) in [6.07, 6.45) is 17.2. The number of hydrogen-bond acceptors (Lipinski definition) is 11. The molecule has 0 unspecified atom stereocenters. The van der Waals surface area contributed by atoms with Crippen LogP contribution in [0.5, 0.6) is 0 Å². The van der Waals surface area contributed by atoms with Crippen LogP contribution in [0.3, 0.4) is 0 Å². The van der Waals surface area contributed by atoms with Gasteiger partial charge in [0.25, 0.3) is 0 Å². The van der Waals surface area contributed by atoms with E-state index < -0.39 is 7.26 Å². The quantitative estimate of drug-likeness (QED) is 0.0201. The molecule has 5 heterocycles. The predicted molar refractivity (Wildman–Crippen MR) is 363 cm³/mol. The molecule has 17 heteroatoms. The topological polar surface area (TPSA) is 194 Å². The van der Waals surface area contributed by atoms with Gasteiger partial charge in [0.05, 0.1) is 41.1 Å². The maximum Gasteiger partial charge on any atom is 0.202 e. The van der Waals surface area contributed by atoms with Gasteiger partial charge in [-0.25, -0.2) is 4.98 Å². The number of imidazole rings is 1. The Kier molecular flexibility index (Phi) is 25.0. The van der Waals surface area contributed by atoms with Crippen LogP contribution in [0.2, 0.25) is 0 Å². The highest BCUT2D eigenvalue weighted by molar-refractivity contribution is 7.95. The summed E-state index contributed by atoms with van der Waals surface area (Å²) in [5.74, 6) is -0.461. The van der Waals surface area contributed by atoms with Gasteiger partial charge in [-0.3, -0.25) is 43.2 Å². The molecule has 0 saturated carbocycles. The molecule has 0 aliphatic rings. The maximum absolute atomic E-state index is 13.7. The van der Waals surface area contributed by atoms with Crippen LogP contribution in [-0.4, -0.2) is 112 Å². The van der Waals surface area contributed by atoms with Crippen LogP contribution in [0.15, 0.2) is 146 Å². The third kappa shape index (κ3) is 19.0. The highest BCUT2D eigenvalue weighted by Gasteiger charge is 2.44. The van der Waals surface area contributed by atoms with E-state index in [1.807, 2.05) is 14.1 Å². The van der Waals surface area contributed by atoms with Gasteiger partial charge in [0.1, 0.15) is 46.3 Å². The normalized spacial score (nSPS) is 11.6. The van der Waals surface area contributed by atoms with Crippen molar-refractivity contribution in [1.82, 2.24) is 32.7 Å². The Morgan fingerprint density at radius 3 is 1.13 bits per heavy atom. The molecule has 92 heavy (non-hydrogen) atoms. The first kappa shape index (κ1) is 69.3. The lowest BCUT2D eigenvalue weighted by Gasteiger charge is -2.27. The second-order valence-corrected chi connectivity index (χ2v) is 28.6. The van der Waals surface area contributed by atoms with Crippen molar-refractivity contribution in [2.45, 2.75) is 128 Å². The van der Waals surface area contributed by atoms with Gasteiger partial charge in [0.15, 0.2) is 29.0 Å². The van der Waals surface area contributed by atoms with Gasteiger partial charge in [-0.2, -0.15) is 0 Å². The number of nitrogens with zero attached hydrogens (tertiary/aromatic N) is 7. The van der Waals surface area contributed by atoms with Crippen molar-refractivity contribution in [3.63, 3.8) is 0 Å². The Labute approximate surface area is 541 Å². The fourth-order valence-electron chi connectivity index (χ4n) is 12.5. The van der Waals surface area contributed by atoms with Gasteiger partial charge in [0, 0.05) is 143 Å². The van der Waals surface area contributed by atoms with Crippen LogP contribution in [-0.2, 0) is 86.5 Å². The van der Waals surface area contributed by atoms with E-state index in [-0.39, 0.29) is 116 Å². The molecule has 482 valence electrons. The van der Waals surface area contributed by atoms with Crippen molar-refractivity contribution in [3.05, 3.63) is 203 Å². The fraction of sp³-hybridized carbons (Fsp3) is 0.387. The average molecular weight is 1260 g/mol. The molecule has 0 bridgehead atoms. The second kappa shape index (κ2) is 33.1. The summed E-state index contributed by atoms with van der Waals surface area (Å²) in [5.41, 5.74) is 4.89. The first-order chi connectivity index (χ1) is 44.2. The van der Waals surface area contributed by atoms with Crippen LogP contribution in [0.1, 0.15) is 177 Å². The van der Waals surface area contributed by atoms with Gasteiger partial charge in [-0.05, 0) is 149 Å². The first-order valence-electron chi connectivity index (χ1n) is 32.2. The van der Waals surface area contributed by atoms with E-state index in [4.69, 9.17) is 0 Å². The van der Waals surface area contributed by atoms with E-state index in [9.17, 15) is 43.2 Å². The summed E-state index contributed by atoms with van der Waals surface area (Å²) in [4.78, 5) is 126. The SMILES string of the molecule is CN(C)CCCCC(=O)CCCC(=O)c1cc(CC(=O)c2cc(CC(=O)c3cc(CC(=O)c4nc(CC(=O)CCCC(=O)c5cc(CC(=O)CCCC(=O)CCCC[P+](c6ccccc6)(c6ccccc6)c6ccccc6)cn5C)cn4C)cn3C)cn2C)cn1C. The van der Waals surface area contributed by atoms with Crippen LogP contribution >= 0.6 is 7.26 Å². The fourth-order valence-corrected chi connectivity index (χ4v) is 16.9. The number of ketones is 9. The molecule has 0 radical (unpaired) electrons. The minimum Gasteiger partial charge on any atom is -0.348 e. The molecule has 0 N–H and O–H groups in total. The van der Waals surface area contributed by atoms with Gasteiger partial charge in [-0.15, -0.1) is 0 Å². The zero-order valence-corrected chi connectivity index (χ0v) is 55.6. The molecule has 0 aliphatic carbocycles. The van der Waals surface area contributed by atoms with E-state index >= 15 is 0 Å². The number of Topliss-reactive ketones (excluding diaryl/α,β-unsaturated/α-hetero) is 9. The third-order valence-corrected chi connectivity index (χ3v) is 21.7. The van der Waals surface area contributed by atoms with E-state index in [2.05, 4.69) is 101 Å². The second-order valence-electron chi connectivity index (χ2n) is 25.0. The molecule has 0 saturated heterocycles. The summed E-state index contributed by atoms with van der Waals surface area (Å²) < 4.78 is 8.40. The van der Waals surface area contributed by atoms with E-state index in [1.54, 1.807) is 113 Å². The lowest BCUT2D eigenvalue weighted by molar-refractivity contribution is -0.121. The number of unbranched alkanes of at least 4 members (excludes halogenated alkanes) is 2. The summed E-state index contributed by atoms with van der Waals surface area (Å²) in [6.45, 7) is 0.939. The molecule has 5 aromatic heterocycles. The average Bonchev–Trinajstić information content (AvgIpc) is 1.15. The minimum absolute atomic E-state index is 0.00849. The Bertz CT molecular complexity index is 3800. The summed E-state index contributed by atoms with van der Waals surface area (Å²) in [5, 5.41) is 3.98. The third-order valence-electron chi connectivity index (χ3n) is 17.2. The highest BCUT2D eigenvalue weighted by atomic mass is 31.2. The Hall–Kier alpha value is -8.59. The van der Waals surface area contributed by atoms with Gasteiger partial charge in [0.2, 0.25) is 5.78 Å². The van der Waals surface area contributed by atoms with Gasteiger partial charge >= 0.3 is 0 Å². The first-order valence-corrected chi connectivity index (χ1v) is 34.2. The molecular weight excluding hydrogens is 1170 g/mol. The zero-order chi connectivity index (χ0) is 65.9. The van der Waals surface area contributed by atoms with E-state index in [0.717, 1.165) is 44.0 Å². The number of aromatic nitrogens is 6. The van der Waals surface area contributed by atoms with Crippen molar-refractivity contribution in [3.8, 4) is 0 Å². The standard InChI is InChI=1S/C75H89N7O9P/c1-77(2)38-19-17-24-59(83)27-22-36-70(87)67-42-55(50-79(67)4)45-72(89)68-43-56(51-80(68)5)46-73(90)69-44-57(52-81(69)6)47-74(91)75-76-58(53-82(75)7)48-62(86)29-23-37-71(88)66-41-54(49-78(66)3)40-61(85)28-21-26-60(84)25-18-20-39-92(63-30-11-8-12-31-63,64-32-13-9-14-33-64)65-34-15-10-16-35-65/h8-16,30-35,41-44,49-53H,17-29,36-40,45-48H2,1-7H3/q+1. The van der Waals surface area contributed by atoms with Crippen molar-refractivity contribution < 1.29 is 43.2 Å². The zero-order valence-electron chi connectivity index (χ0n) is 54.7. The Balaban J connectivity index is 0.728. The number of benzene rings is 3. The van der Waals surface area contributed by atoms with Crippen molar-refractivity contribution in [1.29, 1.82) is 0 Å². The van der Waals surface area contributed by atoms with E-state index in [0.29, 0.717) is 90.1 Å². The number of rotatable bonds is 40. The lowest BCUT2D eigenvalue weighted by atomic mass is 10.0. The van der Waals surface area contributed by atoms with Crippen LogP contribution in [0.25, 0.3) is 0 Å². The summed E-state index contributed by atoms with van der Waals surface area (Å²) >= 11 is 0. The molecular formula is C75H89N7O9P+. The summed E-state index contributed by atoms with van der Waals surface area (Å²) in [7, 11) is 10.8. The molecule has 8 aromatic rings. The number of carbonyl (C=O) groups excluding carboxylic acids is 9. The Morgan fingerprint density at radius 1 is 0.359 bits per heavy atom. The highest BCUT2D eigenvalue weighted by Crippen LogP contribution is 2.56. The molecule has 16 nitrogen and oxygen atoms in total. The van der Waals surface area contributed by atoms with E-state index in [1.165, 1.54) is 15.9 Å². The Morgan fingerprint density at radius 2 is 0.707 bits per heavy atom. The monoisotopic (exact) mass is 1260 g/mol. The van der Waals surface area contributed by atoms with Gasteiger partial charge < -0.3 is 27.7 Å². The molecule has 3 aromatic carbocycles. The molecule has 0 amide bonds. The predicted octanol–water partition coefficient (Wildman–Crippen LogP) is 10.9. The lowest BCUT2D eigenvalue weighted by Crippen LogP contribution is -2.33. The molecule has 0 aliphatic heterocycles. The number of hydrogen-bond donors (Lipinski definition) is 0. The molecule has 8 rings (SSSR count). The number of carbonyl (C=O) groups is 9. The van der Waals surface area contributed by atoms with Crippen LogP contribution in [0.4, 0.5) is 0 Å². The minimum atomic E-state index is -1.96. The number of aryl methyl sites for hydroxylation is 5. The van der Waals surface area contributed by atoms with Crippen molar-refractivity contribution >= 4 is 75.2 Å². The maximum atomic E-state index is 13.7. The molecule has 0 spiro atoms. The van der Waals surface area contributed by atoms with Crippen LogP contribution in [0, 0.1) is 0 Å². The molecule has 0 atom stereocenters. The largest absolute Gasteiger partial charge is 0.348 e. The smallest absolute Gasteiger partial charge is 0.202 e.